The van der Waals surface area contributed by atoms with Crippen LogP contribution in [0.3, 0.4) is 0 Å². The molecule has 12 nitrogen and oxygen atoms in total. The first-order valence-corrected chi connectivity index (χ1v) is 9.67. The van der Waals surface area contributed by atoms with Gasteiger partial charge in [-0.25, -0.2) is 0 Å². The van der Waals surface area contributed by atoms with Gasteiger partial charge in [0.05, 0.1) is 26.2 Å². The standard InChI is InChI=1S/C20H27N3O9/c24-14-16-3-1-15(2-4-16)9-21(5-7-22(10-17(25)26)11-18(27)28)6-8-23(12-19(29)30)13-20(31)32/h1-4,14H,5-13H2,(H,25,26)(H,27,28)(H,29,30)(H,31,32). The smallest absolute Gasteiger partial charge is 0.317 e. The van der Waals surface area contributed by atoms with Gasteiger partial charge >= 0.3 is 23.9 Å². The Balaban J connectivity index is 2.90. The van der Waals surface area contributed by atoms with Crippen LogP contribution in [0.2, 0.25) is 0 Å². The van der Waals surface area contributed by atoms with E-state index in [0.717, 1.165) is 5.56 Å². The second-order valence-corrected chi connectivity index (χ2v) is 7.13. The Labute approximate surface area is 184 Å². The first-order chi connectivity index (χ1) is 15.1. The van der Waals surface area contributed by atoms with Crippen molar-refractivity contribution in [3.63, 3.8) is 0 Å². The topological polar surface area (TPSA) is 176 Å². The number of carboxylic acids is 4. The second-order valence-electron chi connectivity index (χ2n) is 7.13. The summed E-state index contributed by atoms with van der Waals surface area (Å²) in [6, 6.07) is 6.72. The first kappa shape index (κ1) is 26.7. The number of carbonyl (C=O) groups excluding carboxylic acids is 1. The van der Waals surface area contributed by atoms with E-state index < -0.39 is 50.1 Å². The molecule has 0 unspecified atom stereocenters. The van der Waals surface area contributed by atoms with Gasteiger partial charge in [-0.15, -0.1) is 0 Å². The van der Waals surface area contributed by atoms with Crippen molar-refractivity contribution in [3.05, 3.63) is 35.4 Å². The second kappa shape index (κ2) is 13.9. The summed E-state index contributed by atoms with van der Waals surface area (Å²) in [4.78, 5) is 59.2. The van der Waals surface area contributed by atoms with E-state index in [1.165, 1.54) is 9.80 Å². The highest BCUT2D eigenvalue weighted by atomic mass is 16.4. The van der Waals surface area contributed by atoms with Gasteiger partial charge < -0.3 is 20.4 Å². The van der Waals surface area contributed by atoms with Crippen molar-refractivity contribution in [2.24, 2.45) is 0 Å². The van der Waals surface area contributed by atoms with E-state index >= 15 is 0 Å². The first-order valence-electron chi connectivity index (χ1n) is 9.67. The number of aliphatic carboxylic acids is 4. The van der Waals surface area contributed by atoms with Gasteiger partial charge in [-0.3, -0.25) is 38.7 Å². The minimum atomic E-state index is -1.17. The average molecular weight is 453 g/mol. The normalized spacial score (nSPS) is 11.1. The van der Waals surface area contributed by atoms with Crippen molar-refractivity contribution < 1.29 is 44.4 Å². The highest BCUT2D eigenvalue weighted by Crippen LogP contribution is 2.08. The lowest BCUT2D eigenvalue weighted by atomic mass is 10.1. The molecule has 0 fully saturated rings. The third-order valence-electron chi connectivity index (χ3n) is 4.42. The Hall–Kier alpha value is -3.35. The molecule has 0 atom stereocenters. The van der Waals surface area contributed by atoms with Crippen molar-refractivity contribution >= 4 is 30.2 Å². The molecule has 32 heavy (non-hydrogen) atoms. The molecule has 1 aromatic carbocycles. The van der Waals surface area contributed by atoms with Gasteiger partial charge in [0.2, 0.25) is 0 Å². The fraction of sp³-hybridized carbons (Fsp3) is 0.450. The van der Waals surface area contributed by atoms with Gasteiger partial charge in [-0.1, -0.05) is 24.3 Å². The van der Waals surface area contributed by atoms with Crippen LogP contribution in [-0.2, 0) is 25.7 Å². The number of carboxylic acid groups (broad SMARTS) is 4. The molecule has 0 heterocycles. The molecule has 12 heteroatoms. The molecule has 0 saturated carbocycles. The fourth-order valence-electron chi connectivity index (χ4n) is 2.99. The number of benzene rings is 1. The molecule has 0 aliphatic heterocycles. The molecular weight excluding hydrogens is 426 g/mol. The minimum Gasteiger partial charge on any atom is -0.480 e. The van der Waals surface area contributed by atoms with Crippen LogP contribution >= 0.6 is 0 Å². The predicted octanol–water partition coefficient (Wildman–Crippen LogP) is -0.756. The zero-order valence-electron chi connectivity index (χ0n) is 17.4. The Morgan fingerprint density at radius 3 is 1.28 bits per heavy atom. The van der Waals surface area contributed by atoms with Crippen molar-refractivity contribution in [2.45, 2.75) is 6.54 Å². The molecular formula is C20H27N3O9. The number of carbonyl (C=O) groups is 5. The number of hydrogen-bond donors (Lipinski definition) is 4. The molecule has 1 aromatic rings. The van der Waals surface area contributed by atoms with Crippen LogP contribution in [-0.4, -0.2) is 118 Å². The van der Waals surface area contributed by atoms with Crippen molar-refractivity contribution in [2.75, 3.05) is 52.4 Å². The summed E-state index contributed by atoms with van der Waals surface area (Å²) in [6.07, 6.45) is 0.701. The molecule has 0 spiro atoms. The average Bonchev–Trinajstić information content (AvgIpc) is 2.68. The van der Waals surface area contributed by atoms with E-state index in [1.54, 1.807) is 24.3 Å². The summed E-state index contributed by atoms with van der Waals surface area (Å²) in [5.74, 6) is -4.68. The molecule has 0 amide bonds. The molecule has 1 rings (SSSR count). The van der Waals surface area contributed by atoms with Gasteiger partial charge in [0.15, 0.2) is 0 Å². The van der Waals surface area contributed by atoms with E-state index in [4.69, 9.17) is 20.4 Å². The molecule has 0 bridgehead atoms. The van der Waals surface area contributed by atoms with Crippen LogP contribution in [0.4, 0.5) is 0 Å². The summed E-state index contributed by atoms with van der Waals surface area (Å²) < 4.78 is 0. The number of hydrogen-bond acceptors (Lipinski definition) is 8. The van der Waals surface area contributed by atoms with Gasteiger partial charge in [0, 0.05) is 38.3 Å². The van der Waals surface area contributed by atoms with E-state index in [9.17, 15) is 24.0 Å². The SMILES string of the molecule is O=Cc1ccc(CN(CCN(CC(=O)O)CC(=O)O)CCN(CC(=O)O)CC(=O)O)cc1. The zero-order chi connectivity index (χ0) is 24.1. The molecule has 176 valence electrons. The maximum absolute atomic E-state index is 11.0. The lowest BCUT2D eigenvalue weighted by Crippen LogP contribution is -2.44. The highest BCUT2D eigenvalue weighted by molar-refractivity contribution is 5.74. The van der Waals surface area contributed by atoms with Crippen LogP contribution in [0, 0.1) is 0 Å². The highest BCUT2D eigenvalue weighted by Gasteiger charge is 2.18. The largest absolute Gasteiger partial charge is 0.480 e. The maximum atomic E-state index is 11.0. The van der Waals surface area contributed by atoms with E-state index in [-0.39, 0.29) is 26.2 Å². The quantitative estimate of drug-likeness (QED) is 0.217. The van der Waals surface area contributed by atoms with Gasteiger partial charge in [0.1, 0.15) is 6.29 Å². The van der Waals surface area contributed by atoms with Crippen LogP contribution in [0.25, 0.3) is 0 Å². The number of rotatable bonds is 17. The Kier molecular flexibility index (Phi) is 11.6. The van der Waals surface area contributed by atoms with Crippen LogP contribution < -0.4 is 0 Å². The zero-order valence-corrected chi connectivity index (χ0v) is 17.4. The Bertz CT molecular complexity index is 726. The molecule has 4 N–H and O–H groups in total. The predicted molar refractivity (Wildman–Crippen MR) is 111 cm³/mol. The van der Waals surface area contributed by atoms with Crippen LogP contribution in [0.15, 0.2) is 24.3 Å². The molecule has 0 radical (unpaired) electrons. The van der Waals surface area contributed by atoms with E-state index in [0.29, 0.717) is 18.4 Å². The third-order valence-corrected chi connectivity index (χ3v) is 4.42. The van der Waals surface area contributed by atoms with Crippen LogP contribution in [0.5, 0.6) is 0 Å². The number of aldehydes is 1. The lowest BCUT2D eigenvalue weighted by Gasteiger charge is -2.28. The number of nitrogens with zero attached hydrogens (tertiary/aromatic N) is 3. The van der Waals surface area contributed by atoms with Crippen molar-refractivity contribution in [1.82, 2.24) is 14.7 Å². The molecule has 0 aromatic heterocycles. The molecule has 0 aliphatic rings. The fourth-order valence-corrected chi connectivity index (χ4v) is 2.99. The van der Waals surface area contributed by atoms with Crippen molar-refractivity contribution in [1.29, 1.82) is 0 Å². The minimum absolute atomic E-state index is 0.114. The lowest BCUT2D eigenvalue weighted by molar-refractivity contribution is -0.143. The Morgan fingerprint density at radius 2 is 0.969 bits per heavy atom. The third kappa shape index (κ3) is 11.7. The summed E-state index contributed by atoms with van der Waals surface area (Å²) in [6.45, 7) is -0.756. The van der Waals surface area contributed by atoms with Crippen LogP contribution in [0.1, 0.15) is 15.9 Å². The van der Waals surface area contributed by atoms with Gasteiger partial charge in [-0.05, 0) is 5.56 Å². The summed E-state index contributed by atoms with van der Waals surface area (Å²) in [7, 11) is 0. The Morgan fingerprint density at radius 1 is 0.625 bits per heavy atom. The van der Waals surface area contributed by atoms with E-state index in [2.05, 4.69) is 0 Å². The van der Waals surface area contributed by atoms with Crippen molar-refractivity contribution in [3.8, 4) is 0 Å². The maximum Gasteiger partial charge on any atom is 0.317 e. The summed E-state index contributed by atoms with van der Waals surface area (Å²) >= 11 is 0. The monoisotopic (exact) mass is 453 g/mol. The van der Waals surface area contributed by atoms with E-state index in [1.807, 2.05) is 4.90 Å². The molecule has 0 aliphatic carbocycles. The molecule has 0 saturated heterocycles. The summed E-state index contributed by atoms with van der Waals surface area (Å²) in [5, 5.41) is 36.0. The summed E-state index contributed by atoms with van der Waals surface area (Å²) in [5.41, 5.74) is 1.31. The van der Waals surface area contributed by atoms with Gasteiger partial charge in [0.25, 0.3) is 0 Å². The van der Waals surface area contributed by atoms with Gasteiger partial charge in [-0.2, -0.15) is 0 Å².